The Morgan fingerprint density at radius 2 is 2.10 bits per heavy atom. The van der Waals surface area contributed by atoms with Gasteiger partial charge in [0.1, 0.15) is 0 Å². The second-order valence-electron chi connectivity index (χ2n) is 5.35. The molecule has 1 aromatic heterocycles. The van der Waals surface area contributed by atoms with Gasteiger partial charge in [-0.3, -0.25) is 0 Å². The van der Waals surface area contributed by atoms with Gasteiger partial charge in [0.05, 0.1) is 18.3 Å². The van der Waals surface area contributed by atoms with Crippen LogP contribution < -0.4 is 4.80 Å². The molecule has 1 aliphatic rings. The molecule has 1 atom stereocenters. The predicted molar refractivity (Wildman–Crippen MR) is 82.4 cm³/mol. The third-order valence-corrected chi connectivity index (χ3v) is 4.64. The second kappa shape index (κ2) is 5.94. The molecule has 0 radical (unpaired) electrons. The van der Waals surface area contributed by atoms with Crippen LogP contribution in [0, 0.1) is 13.8 Å². The van der Waals surface area contributed by atoms with Gasteiger partial charge in [0, 0.05) is 17.7 Å². The molecule has 1 aromatic carbocycles. The number of aryl methyl sites for hydroxylation is 2. The summed E-state index contributed by atoms with van der Waals surface area (Å²) in [5, 5.41) is 2.17. The molecule has 1 unspecified atom stereocenters. The molecule has 1 aliphatic heterocycles. The maximum Gasteiger partial charge on any atom is 0.190 e. The van der Waals surface area contributed by atoms with Gasteiger partial charge < -0.3 is 9.30 Å². The summed E-state index contributed by atoms with van der Waals surface area (Å²) in [5.74, 6) is 0. The molecule has 1 fully saturated rings. The van der Waals surface area contributed by atoms with Crippen molar-refractivity contribution < 1.29 is 4.74 Å². The topological polar surface area (TPSA) is 26.5 Å². The second-order valence-corrected chi connectivity index (χ2v) is 6.19. The van der Waals surface area contributed by atoms with Gasteiger partial charge in [-0.25, -0.2) is 4.99 Å². The SMILES string of the molecule is Cc1ccc(N=c2scc(C)n2CC2CCCO2)cc1. The molecular weight excluding hydrogens is 268 g/mol. The summed E-state index contributed by atoms with van der Waals surface area (Å²) in [6.07, 6.45) is 2.69. The van der Waals surface area contributed by atoms with Crippen molar-refractivity contribution in [2.45, 2.75) is 39.3 Å². The van der Waals surface area contributed by atoms with Crippen molar-refractivity contribution in [1.29, 1.82) is 0 Å². The minimum Gasteiger partial charge on any atom is -0.376 e. The quantitative estimate of drug-likeness (QED) is 0.848. The highest BCUT2D eigenvalue weighted by atomic mass is 32.1. The first-order chi connectivity index (χ1) is 9.72. The lowest BCUT2D eigenvalue weighted by Gasteiger charge is -2.12. The fourth-order valence-corrected chi connectivity index (χ4v) is 3.35. The van der Waals surface area contributed by atoms with Crippen LogP contribution in [-0.2, 0) is 11.3 Å². The average molecular weight is 288 g/mol. The van der Waals surface area contributed by atoms with E-state index in [-0.39, 0.29) is 0 Å². The van der Waals surface area contributed by atoms with Crippen molar-refractivity contribution in [2.75, 3.05) is 6.61 Å². The Morgan fingerprint density at radius 3 is 2.80 bits per heavy atom. The zero-order valence-corrected chi connectivity index (χ0v) is 12.8. The Bertz CT molecular complexity index is 633. The van der Waals surface area contributed by atoms with Crippen LogP contribution in [0.3, 0.4) is 0 Å². The lowest BCUT2D eigenvalue weighted by Crippen LogP contribution is -2.24. The van der Waals surface area contributed by atoms with E-state index < -0.39 is 0 Å². The Balaban J connectivity index is 1.90. The van der Waals surface area contributed by atoms with Gasteiger partial charge in [-0.15, -0.1) is 11.3 Å². The fraction of sp³-hybridized carbons (Fsp3) is 0.438. The summed E-state index contributed by atoms with van der Waals surface area (Å²) >= 11 is 1.70. The fourth-order valence-electron chi connectivity index (χ4n) is 2.45. The highest BCUT2D eigenvalue weighted by Gasteiger charge is 2.17. The van der Waals surface area contributed by atoms with Gasteiger partial charge in [-0.05, 0) is 38.8 Å². The number of thiazole rings is 1. The molecular formula is C16H20N2OS. The monoisotopic (exact) mass is 288 g/mol. The molecule has 4 heteroatoms. The van der Waals surface area contributed by atoms with E-state index in [0.29, 0.717) is 6.10 Å². The molecule has 3 nitrogen and oxygen atoms in total. The summed E-state index contributed by atoms with van der Waals surface area (Å²) in [4.78, 5) is 5.83. The van der Waals surface area contributed by atoms with Crippen LogP contribution >= 0.6 is 11.3 Å². The minimum absolute atomic E-state index is 0.347. The van der Waals surface area contributed by atoms with Crippen LogP contribution in [0.5, 0.6) is 0 Å². The number of hydrogen-bond donors (Lipinski definition) is 0. The van der Waals surface area contributed by atoms with Crippen molar-refractivity contribution >= 4 is 17.0 Å². The van der Waals surface area contributed by atoms with E-state index in [4.69, 9.17) is 9.73 Å². The van der Waals surface area contributed by atoms with E-state index in [1.54, 1.807) is 11.3 Å². The molecule has 1 saturated heterocycles. The lowest BCUT2D eigenvalue weighted by molar-refractivity contribution is 0.0959. The molecule has 106 valence electrons. The highest BCUT2D eigenvalue weighted by Crippen LogP contribution is 2.16. The van der Waals surface area contributed by atoms with Gasteiger partial charge in [-0.1, -0.05) is 17.7 Å². The number of benzene rings is 1. The molecule has 0 amide bonds. The lowest BCUT2D eigenvalue weighted by atomic mass is 10.2. The van der Waals surface area contributed by atoms with E-state index in [1.165, 1.54) is 17.7 Å². The first kappa shape index (κ1) is 13.6. The van der Waals surface area contributed by atoms with Crippen LogP contribution in [0.2, 0.25) is 0 Å². The van der Waals surface area contributed by atoms with Crippen LogP contribution in [0.25, 0.3) is 0 Å². The first-order valence-electron chi connectivity index (χ1n) is 7.10. The predicted octanol–water partition coefficient (Wildman–Crippen LogP) is 3.58. The largest absolute Gasteiger partial charge is 0.376 e. The van der Waals surface area contributed by atoms with Crippen molar-refractivity contribution in [3.63, 3.8) is 0 Å². The normalized spacial score (nSPS) is 19.7. The maximum atomic E-state index is 5.74. The third kappa shape index (κ3) is 3.02. The molecule has 0 aliphatic carbocycles. The number of aromatic nitrogens is 1. The number of ether oxygens (including phenoxy) is 1. The van der Waals surface area contributed by atoms with Gasteiger partial charge in [0.25, 0.3) is 0 Å². The summed E-state index contributed by atoms with van der Waals surface area (Å²) in [6.45, 7) is 6.05. The molecule has 0 N–H and O–H groups in total. The maximum absolute atomic E-state index is 5.74. The molecule has 3 rings (SSSR count). The summed E-state index contributed by atoms with van der Waals surface area (Å²) in [6, 6.07) is 8.34. The van der Waals surface area contributed by atoms with Gasteiger partial charge in [0.15, 0.2) is 4.80 Å². The van der Waals surface area contributed by atoms with Crippen molar-refractivity contribution in [1.82, 2.24) is 4.57 Å². The van der Waals surface area contributed by atoms with Crippen LogP contribution in [0.15, 0.2) is 34.6 Å². The van der Waals surface area contributed by atoms with Crippen LogP contribution in [-0.4, -0.2) is 17.3 Å². The number of hydrogen-bond acceptors (Lipinski definition) is 3. The summed E-state index contributed by atoms with van der Waals surface area (Å²) < 4.78 is 8.02. The van der Waals surface area contributed by atoms with E-state index in [9.17, 15) is 0 Å². The number of rotatable bonds is 3. The zero-order valence-electron chi connectivity index (χ0n) is 12.0. The van der Waals surface area contributed by atoms with Crippen molar-refractivity contribution in [3.8, 4) is 0 Å². The molecule has 2 aromatic rings. The van der Waals surface area contributed by atoms with E-state index in [1.807, 2.05) is 0 Å². The van der Waals surface area contributed by atoms with E-state index in [2.05, 4.69) is 48.1 Å². The number of nitrogens with zero attached hydrogens (tertiary/aromatic N) is 2. The summed E-state index contributed by atoms with van der Waals surface area (Å²) in [7, 11) is 0. The molecule has 0 saturated carbocycles. The minimum atomic E-state index is 0.347. The Hall–Kier alpha value is -1.39. The highest BCUT2D eigenvalue weighted by molar-refractivity contribution is 7.07. The molecule has 20 heavy (non-hydrogen) atoms. The van der Waals surface area contributed by atoms with Crippen LogP contribution in [0.4, 0.5) is 5.69 Å². The Morgan fingerprint density at radius 1 is 1.30 bits per heavy atom. The standard InChI is InChI=1S/C16H20N2OS/c1-12-5-7-14(8-6-12)17-16-18(13(2)11-20-16)10-15-4-3-9-19-15/h5-8,11,15H,3-4,9-10H2,1-2H3. The van der Waals surface area contributed by atoms with Crippen LogP contribution in [0.1, 0.15) is 24.1 Å². The molecule has 0 bridgehead atoms. The third-order valence-electron chi connectivity index (χ3n) is 3.66. The van der Waals surface area contributed by atoms with Crippen molar-refractivity contribution in [2.24, 2.45) is 4.99 Å². The van der Waals surface area contributed by atoms with Crippen molar-refractivity contribution in [3.05, 3.63) is 45.7 Å². The van der Waals surface area contributed by atoms with Gasteiger partial charge in [0.2, 0.25) is 0 Å². The Kier molecular flexibility index (Phi) is 4.03. The zero-order chi connectivity index (χ0) is 13.9. The Labute approximate surface area is 123 Å². The van der Waals surface area contributed by atoms with Gasteiger partial charge >= 0.3 is 0 Å². The molecule has 0 spiro atoms. The van der Waals surface area contributed by atoms with E-state index in [0.717, 1.165) is 30.1 Å². The average Bonchev–Trinajstić information content (AvgIpc) is 3.06. The first-order valence-corrected chi connectivity index (χ1v) is 7.98. The smallest absolute Gasteiger partial charge is 0.190 e. The summed E-state index contributed by atoms with van der Waals surface area (Å²) in [5.41, 5.74) is 3.54. The van der Waals surface area contributed by atoms with E-state index >= 15 is 0 Å². The van der Waals surface area contributed by atoms with Gasteiger partial charge in [-0.2, -0.15) is 0 Å². The molecule has 2 heterocycles.